The van der Waals surface area contributed by atoms with Crippen LogP contribution in [-0.4, -0.2) is 70.7 Å². The molecule has 15 heteroatoms. The van der Waals surface area contributed by atoms with Crippen molar-refractivity contribution in [3.8, 4) is 0 Å². The number of rotatable bonds is 17. The highest BCUT2D eigenvalue weighted by atomic mass is 16.4. The van der Waals surface area contributed by atoms with Crippen LogP contribution in [0, 0.1) is 5.92 Å². The Kier molecular flexibility index (Phi) is 13.6. The summed E-state index contributed by atoms with van der Waals surface area (Å²) < 4.78 is 0. The molecule has 0 aromatic carbocycles. The summed E-state index contributed by atoms with van der Waals surface area (Å²) in [6.45, 7) is 3.52. The van der Waals surface area contributed by atoms with Gasteiger partial charge in [0, 0.05) is 12.8 Å². The van der Waals surface area contributed by atoms with Crippen molar-refractivity contribution in [3.05, 3.63) is 0 Å². The van der Waals surface area contributed by atoms with Crippen molar-refractivity contribution in [1.82, 2.24) is 16.0 Å². The van der Waals surface area contributed by atoms with Gasteiger partial charge in [-0.15, -0.1) is 0 Å². The zero-order chi connectivity index (χ0) is 27.3. The van der Waals surface area contributed by atoms with E-state index in [0.717, 1.165) is 0 Å². The van der Waals surface area contributed by atoms with Gasteiger partial charge in [0.15, 0.2) is 0 Å². The maximum Gasteiger partial charge on any atom is 0.326 e. The molecule has 0 aromatic rings. The van der Waals surface area contributed by atoms with Gasteiger partial charge in [-0.05, 0) is 18.8 Å². The third kappa shape index (κ3) is 12.3. The Labute approximate surface area is 202 Å². The SMILES string of the molecule is CCC(C)C(N)C(=O)NC(CC(N)=O)C(=O)NC(CCC(N)=O)C(=O)NC(CCC(N)=O)C(=O)O. The van der Waals surface area contributed by atoms with E-state index in [-0.39, 0.29) is 31.6 Å². The fraction of sp³-hybridized carbons (Fsp3) is 0.650. The number of hydrogen-bond donors (Lipinski definition) is 8. The number of carboxylic acids is 1. The van der Waals surface area contributed by atoms with Crippen LogP contribution in [0.4, 0.5) is 0 Å². The molecule has 0 fully saturated rings. The minimum Gasteiger partial charge on any atom is -0.480 e. The second kappa shape index (κ2) is 15.2. The molecule has 6 amide bonds. The van der Waals surface area contributed by atoms with Crippen molar-refractivity contribution < 1.29 is 38.7 Å². The zero-order valence-corrected chi connectivity index (χ0v) is 19.7. The second-order valence-electron chi connectivity index (χ2n) is 8.11. The minimum atomic E-state index is -1.52. The highest BCUT2D eigenvalue weighted by Crippen LogP contribution is 2.07. The summed E-state index contributed by atoms with van der Waals surface area (Å²) in [4.78, 5) is 83.0. The van der Waals surface area contributed by atoms with Crippen molar-refractivity contribution in [2.45, 2.75) is 76.5 Å². The van der Waals surface area contributed by atoms with E-state index in [1.165, 1.54) is 0 Å². The van der Waals surface area contributed by atoms with Gasteiger partial charge in [-0.25, -0.2) is 4.79 Å². The van der Waals surface area contributed by atoms with Crippen LogP contribution in [0.2, 0.25) is 0 Å². The molecule has 0 aliphatic heterocycles. The second-order valence-corrected chi connectivity index (χ2v) is 8.11. The Hall–Kier alpha value is -3.75. The molecule has 0 bridgehead atoms. The number of carbonyl (C=O) groups is 7. The molecular weight excluding hydrogens is 466 g/mol. The molecule has 0 aliphatic carbocycles. The fourth-order valence-corrected chi connectivity index (χ4v) is 2.83. The summed E-state index contributed by atoms with van der Waals surface area (Å²) in [6, 6.07) is -5.47. The Morgan fingerprint density at radius 3 is 1.57 bits per heavy atom. The van der Waals surface area contributed by atoms with Gasteiger partial charge in [0.1, 0.15) is 18.1 Å². The van der Waals surface area contributed by atoms with Crippen LogP contribution in [-0.2, 0) is 33.6 Å². The normalized spacial score (nSPS) is 14.9. The molecule has 0 radical (unpaired) electrons. The van der Waals surface area contributed by atoms with Gasteiger partial charge in [-0.2, -0.15) is 0 Å². The topological polar surface area (TPSA) is 280 Å². The van der Waals surface area contributed by atoms with E-state index >= 15 is 0 Å². The summed E-state index contributed by atoms with van der Waals surface area (Å²) in [5, 5.41) is 16.0. The van der Waals surface area contributed by atoms with E-state index in [4.69, 9.17) is 22.9 Å². The monoisotopic (exact) mass is 501 g/mol. The van der Waals surface area contributed by atoms with Crippen LogP contribution in [0.5, 0.6) is 0 Å². The van der Waals surface area contributed by atoms with Gasteiger partial charge >= 0.3 is 5.97 Å². The summed E-state index contributed by atoms with van der Waals surface area (Å²) >= 11 is 0. The maximum atomic E-state index is 12.8. The van der Waals surface area contributed by atoms with Gasteiger partial charge in [-0.1, -0.05) is 20.3 Å². The Morgan fingerprint density at radius 1 is 0.714 bits per heavy atom. The number of carboxylic acid groups (broad SMARTS) is 1. The number of nitrogens with two attached hydrogens (primary N) is 4. The van der Waals surface area contributed by atoms with E-state index in [0.29, 0.717) is 6.42 Å². The Bertz CT molecular complexity index is 819. The smallest absolute Gasteiger partial charge is 0.326 e. The Morgan fingerprint density at radius 2 is 1.14 bits per heavy atom. The molecular formula is C20H35N7O8. The molecule has 0 heterocycles. The lowest BCUT2D eigenvalue weighted by molar-refractivity contribution is -0.143. The van der Waals surface area contributed by atoms with Crippen LogP contribution in [0.1, 0.15) is 52.4 Å². The van der Waals surface area contributed by atoms with Gasteiger partial charge in [0.25, 0.3) is 0 Å². The number of amides is 6. The van der Waals surface area contributed by atoms with E-state index in [1.807, 2.05) is 0 Å². The van der Waals surface area contributed by atoms with Crippen LogP contribution >= 0.6 is 0 Å². The molecule has 5 unspecified atom stereocenters. The third-order valence-corrected chi connectivity index (χ3v) is 5.20. The maximum absolute atomic E-state index is 12.8. The number of aliphatic carboxylic acids is 1. The van der Waals surface area contributed by atoms with Crippen molar-refractivity contribution in [2.24, 2.45) is 28.9 Å². The van der Waals surface area contributed by atoms with Crippen LogP contribution < -0.4 is 38.9 Å². The highest BCUT2D eigenvalue weighted by Gasteiger charge is 2.32. The van der Waals surface area contributed by atoms with Crippen LogP contribution in [0.15, 0.2) is 0 Å². The third-order valence-electron chi connectivity index (χ3n) is 5.20. The molecule has 5 atom stereocenters. The lowest BCUT2D eigenvalue weighted by Crippen LogP contribution is -2.58. The van der Waals surface area contributed by atoms with Gasteiger partial charge < -0.3 is 44.0 Å². The first-order valence-electron chi connectivity index (χ1n) is 10.9. The predicted molar refractivity (Wildman–Crippen MR) is 122 cm³/mol. The van der Waals surface area contributed by atoms with Crippen LogP contribution in [0.3, 0.4) is 0 Å². The van der Waals surface area contributed by atoms with Crippen molar-refractivity contribution >= 4 is 41.4 Å². The standard InChI is InChI=1S/C20H35N7O8/c1-3-9(2)16(24)19(33)27-12(8-15(23)30)18(32)25-10(4-6-13(21)28)17(31)26-11(20(34)35)5-7-14(22)29/h9-12,16H,3-8,24H2,1-2H3,(H2,21,28)(H2,22,29)(H2,23,30)(H,25,32)(H,26,31)(H,27,33)(H,34,35). The first-order valence-corrected chi connectivity index (χ1v) is 10.9. The number of nitrogens with one attached hydrogen (secondary N) is 3. The molecule has 0 saturated carbocycles. The highest BCUT2D eigenvalue weighted by molar-refractivity contribution is 5.96. The number of primary amides is 3. The first kappa shape index (κ1) is 31.2. The molecule has 12 N–H and O–H groups in total. The summed E-state index contributed by atoms with van der Waals surface area (Å²) in [7, 11) is 0. The molecule has 15 nitrogen and oxygen atoms in total. The van der Waals surface area contributed by atoms with Gasteiger partial charge in [0.2, 0.25) is 35.4 Å². The quantitative estimate of drug-likeness (QED) is 0.0971. The average Bonchev–Trinajstić information content (AvgIpc) is 2.76. The average molecular weight is 502 g/mol. The molecule has 0 spiro atoms. The van der Waals surface area contributed by atoms with E-state index in [1.54, 1.807) is 13.8 Å². The molecule has 0 aromatic heterocycles. The molecule has 0 aliphatic rings. The molecule has 198 valence electrons. The largest absolute Gasteiger partial charge is 0.480 e. The fourth-order valence-electron chi connectivity index (χ4n) is 2.83. The van der Waals surface area contributed by atoms with Crippen molar-refractivity contribution in [1.29, 1.82) is 0 Å². The van der Waals surface area contributed by atoms with E-state index in [9.17, 15) is 38.7 Å². The van der Waals surface area contributed by atoms with Gasteiger partial charge in [0.05, 0.1) is 12.5 Å². The predicted octanol–water partition coefficient (Wildman–Crippen LogP) is -3.69. The lowest BCUT2D eigenvalue weighted by atomic mass is 9.99. The van der Waals surface area contributed by atoms with E-state index < -0.39 is 72.0 Å². The molecule has 0 saturated heterocycles. The van der Waals surface area contributed by atoms with E-state index in [2.05, 4.69) is 16.0 Å². The van der Waals surface area contributed by atoms with Crippen molar-refractivity contribution in [3.63, 3.8) is 0 Å². The van der Waals surface area contributed by atoms with Crippen molar-refractivity contribution in [2.75, 3.05) is 0 Å². The van der Waals surface area contributed by atoms with Gasteiger partial charge in [-0.3, -0.25) is 28.8 Å². The number of hydrogen-bond acceptors (Lipinski definition) is 8. The lowest BCUT2D eigenvalue weighted by Gasteiger charge is -2.25. The summed E-state index contributed by atoms with van der Waals surface area (Å²) in [6.07, 6.45) is -1.39. The first-order chi connectivity index (χ1) is 16.2. The molecule has 35 heavy (non-hydrogen) atoms. The minimum absolute atomic E-state index is 0.241. The number of carbonyl (C=O) groups excluding carboxylic acids is 6. The summed E-state index contributed by atoms with van der Waals surface area (Å²) in [5.74, 6) is -6.95. The Balaban J connectivity index is 5.64. The summed E-state index contributed by atoms with van der Waals surface area (Å²) in [5.41, 5.74) is 21.1. The molecule has 0 rings (SSSR count). The van der Waals surface area contributed by atoms with Crippen LogP contribution in [0.25, 0.3) is 0 Å². The zero-order valence-electron chi connectivity index (χ0n) is 19.7.